The van der Waals surface area contributed by atoms with Gasteiger partial charge in [0.2, 0.25) is 0 Å². The second-order valence-electron chi connectivity index (χ2n) is 4.04. The van der Waals surface area contributed by atoms with Crippen molar-refractivity contribution in [1.29, 1.82) is 0 Å². The zero-order valence-corrected chi connectivity index (χ0v) is 11.6. The van der Waals surface area contributed by atoms with E-state index in [1.807, 2.05) is 18.2 Å². The van der Waals surface area contributed by atoms with E-state index in [1.54, 1.807) is 13.0 Å². The third-order valence-corrected chi connectivity index (χ3v) is 3.64. The number of carbonyl (C=O) groups excluding carboxylic acids is 2. The molecule has 1 unspecified atom stereocenters. The highest BCUT2D eigenvalue weighted by molar-refractivity contribution is 9.09. The largest absolute Gasteiger partial charge is 0.449 e. The quantitative estimate of drug-likeness (QED) is 0.597. The standard InChI is InChI=1S/C13H10BrNO4/c1-2-18-13(17)15-8-6-4-3-5-7(8)9-10(15)12(16)19-11(9)14/h3-6,11H,2H2,1H3. The minimum atomic E-state index is -0.571. The first-order valence-corrected chi connectivity index (χ1v) is 6.72. The number of cyclic esters (lactones) is 1. The van der Waals surface area contributed by atoms with Gasteiger partial charge in [0.1, 0.15) is 5.69 Å². The number of alkyl halides is 1. The average Bonchev–Trinajstić information content (AvgIpc) is 2.87. The highest BCUT2D eigenvalue weighted by atomic mass is 79.9. The molecule has 2 aromatic rings. The normalized spacial score (nSPS) is 17.4. The van der Waals surface area contributed by atoms with Gasteiger partial charge in [-0.3, -0.25) is 0 Å². The number of aromatic nitrogens is 1. The number of carbonyl (C=O) groups is 2. The van der Waals surface area contributed by atoms with E-state index >= 15 is 0 Å². The first-order valence-electron chi connectivity index (χ1n) is 5.80. The Balaban J connectivity index is 2.35. The van der Waals surface area contributed by atoms with Crippen LogP contribution in [0.25, 0.3) is 10.9 Å². The zero-order chi connectivity index (χ0) is 13.6. The zero-order valence-electron chi connectivity index (χ0n) is 10.1. The van der Waals surface area contributed by atoms with Gasteiger partial charge >= 0.3 is 12.1 Å². The van der Waals surface area contributed by atoms with Crippen LogP contribution in [0.15, 0.2) is 24.3 Å². The maximum absolute atomic E-state index is 12.0. The minimum Gasteiger partial charge on any atom is -0.449 e. The first-order chi connectivity index (χ1) is 9.15. The van der Waals surface area contributed by atoms with E-state index in [0.717, 1.165) is 5.39 Å². The number of esters is 1. The van der Waals surface area contributed by atoms with Gasteiger partial charge in [0.15, 0.2) is 5.01 Å². The summed E-state index contributed by atoms with van der Waals surface area (Å²) in [5, 5.41) is 0.272. The number of rotatable bonds is 1. The number of halogens is 1. The minimum absolute atomic E-state index is 0.238. The van der Waals surface area contributed by atoms with E-state index in [-0.39, 0.29) is 12.3 Å². The van der Waals surface area contributed by atoms with Gasteiger partial charge in [-0.15, -0.1) is 0 Å². The number of fused-ring (bicyclic) bond motifs is 3. The van der Waals surface area contributed by atoms with Crippen molar-refractivity contribution in [2.45, 2.75) is 11.9 Å². The fourth-order valence-corrected chi connectivity index (χ4v) is 2.92. The Morgan fingerprint density at radius 1 is 1.47 bits per heavy atom. The van der Waals surface area contributed by atoms with E-state index in [4.69, 9.17) is 9.47 Å². The fraction of sp³-hybridized carbons (Fsp3) is 0.231. The second kappa shape index (κ2) is 4.38. The van der Waals surface area contributed by atoms with Crippen molar-refractivity contribution in [3.63, 3.8) is 0 Å². The van der Waals surface area contributed by atoms with Crippen LogP contribution in [0, 0.1) is 0 Å². The summed E-state index contributed by atoms with van der Waals surface area (Å²) in [5.41, 5.74) is 1.56. The smallest absolute Gasteiger partial charge is 0.419 e. The molecule has 1 aliphatic heterocycles. The maximum atomic E-state index is 12.0. The maximum Gasteiger partial charge on any atom is 0.419 e. The van der Waals surface area contributed by atoms with Crippen LogP contribution in [0.4, 0.5) is 4.79 Å². The second-order valence-corrected chi connectivity index (χ2v) is 4.87. The lowest BCUT2D eigenvalue weighted by Gasteiger charge is -2.07. The highest BCUT2D eigenvalue weighted by Gasteiger charge is 2.38. The molecule has 5 nitrogen and oxygen atoms in total. The Labute approximate surface area is 117 Å². The summed E-state index contributed by atoms with van der Waals surface area (Å²) < 4.78 is 11.4. The molecule has 0 amide bonds. The van der Waals surface area contributed by atoms with Crippen molar-refractivity contribution in [3.8, 4) is 0 Å². The Morgan fingerprint density at radius 2 is 2.21 bits per heavy atom. The van der Waals surface area contributed by atoms with Gasteiger partial charge in [-0.2, -0.15) is 0 Å². The average molecular weight is 324 g/mol. The molecule has 0 aliphatic carbocycles. The summed E-state index contributed by atoms with van der Waals surface area (Å²) in [6.07, 6.45) is -0.571. The molecule has 19 heavy (non-hydrogen) atoms. The summed E-state index contributed by atoms with van der Waals surface area (Å²) in [6, 6.07) is 7.28. The molecule has 1 aromatic carbocycles. The Hall–Kier alpha value is -1.82. The van der Waals surface area contributed by atoms with Gasteiger partial charge in [0.25, 0.3) is 0 Å². The van der Waals surface area contributed by atoms with E-state index in [2.05, 4.69) is 15.9 Å². The molecule has 0 saturated heterocycles. The topological polar surface area (TPSA) is 57.5 Å². The molecule has 1 atom stereocenters. The van der Waals surface area contributed by atoms with E-state index in [9.17, 15) is 9.59 Å². The molecule has 1 aliphatic rings. The molecule has 6 heteroatoms. The van der Waals surface area contributed by atoms with Crippen molar-refractivity contribution in [3.05, 3.63) is 35.5 Å². The Kier molecular flexibility index (Phi) is 2.82. The van der Waals surface area contributed by atoms with E-state index in [0.29, 0.717) is 11.1 Å². The molecule has 3 rings (SSSR count). The molecule has 0 bridgehead atoms. The van der Waals surface area contributed by atoms with Crippen LogP contribution in [0.1, 0.15) is 28.0 Å². The van der Waals surface area contributed by atoms with Crippen LogP contribution in [-0.4, -0.2) is 23.2 Å². The number of hydrogen-bond acceptors (Lipinski definition) is 4. The van der Waals surface area contributed by atoms with Gasteiger partial charge < -0.3 is 9.47 Å². The Bertz CT molecular complexity index is 691. The van der Waals surface area contributed by atoms with Crippen LogP contribution in [0.5, 0.6) is 0 Å². The van der Waals surface area contributed by atoms with Crippen LogP contribution >= 0.6 is 15.9 Å². The summed E-state index contributed by atoms with van der Waals surface area (Å²) in [4.78, 5) is 23.9. The van der Waals surface area contributed by atoms with Gasteiger partial charge in [-0.1, -0.05) is 18.2 Å². The number of hydrogen-bond donors (Lipinski definition) is 0. The van der Waals surface area contributed by atoms with Gasteiger partial charge in [-0.05, 0) is 28.9 Å². The van der Waals surface area contributed by atoms with Crippen molar-refractivity contribution in [2.24, 2.45) is 0 Å². The highest BCUT2D eigenvalue weighted by Crippen LogP contribution is 2.41. The molecule has 0 N–H and O–H groups in total. The lowest BCUT2D eigenvalue weighted by Crippen LogP contribution is -2.18. The third-order valence-electron chi connectivity index (χ3n) is 3.00. The number of para-hydroxylation sites is 1. The van der Waals surface area contributed by atoms with Crippen LogP contribution in [-0.2, 0) is 9.47 Å². The fourth-order valence-electron chi connectivity index (χ4n) is 2.28. The summed E-state index contributed by atoms with van der Waals surface area (Å²) in [6.45, 7) is 1.96. The third kappa shape index (κ3) is 1.67. The summed E-state index contributed by atoms with van der Waals surface area (Å²) in [5.74, 6) is -0.527. The predicted octanol–water partition coefficient (Wildman–Crippen LogP) is 3.21. The summed E-state index contributed by atoms with van der Waals surface area (Å²) >= 11 is 3.29. The van der Waals surface area contributed by atoms with Gasteiger partial charge in [0.05, 0.1) is 12.1 Å². The number of ether oxygens (including phenoxy) is 2. The lowest BCUT2D eigenvalue weighted by molar-refractivity contribution is 0.0520. The molecule has 0 spiro atoms. The van der Waals surface area contributed by atoms with Crippen molar-refractivity contribution in [1.82, 2.24) is 4.57 Å². The molecular formula is C13H10BrNO4. The lowest BCUT2D eigenvalue weighted by atomic mass is 10.1. The first kappa shape index (κ1) is 12.2. The molecule has 0 saturated carbocycles. The predicted molar refractivity (Wildman–Crippen MR) is 71.4 cm³/mol. The molecule has 0 radical (unpaired) electrons. The van der Waals surface area contributed by atoms with E-state index in [1.165, 1.54) is 4.57 Å². The van der Waals surface area contributed by atoms with Crippen molar-refractivity contribution >= 4 is 38.9 Å². The molecular weight excluding hydrogens is 314 g/mol. The SMILES string of the molecule is CCOC(=O)n1c2c(c3ccccc31)C(Br)OC2=O. The van der Waals surface area contributed by atoms with Crippen LogP contribution in [0.2, 0.25) is 0 Å². The molecule has 1 aromatic heterocycles. The van der Waals surface area contributed by atoms with Crippen molar-refractivity contribution in [2.75, 3.05) is 6.61 Å². The monoisotopic (exact) mass is 323 g/mol. The number of benzene rings is 1. The van der Waals surface area contributed by atoms with Gasteiger partial charge in [0, 0.05) is 10.9 Å². The van der Waals surface area contributed by atoms with Crippen molar-refractivity contribution < 1.29 is 19.1 Å². The molecule has 98 valence electrons. The number of nitrogens with zero attached hydrogens (tertiary/aromatic N) is 1. The summed E-state index contributed by atoms with van der Waals surface area (Å²) in [7, 11) is 0. The molecule has 2 heterocycles. The van der Waals surface area contributed by atoms with Crippen LogP contribution in [0.3, 0.4) is 0 Å². The van der Waals surface area contributed by atoms with Gasteiger partial charge in [-0.25, -0.2) is 14.2 Å². The van der Waals surface area contributed by atoms with Crippen LogP contribution < -0.4 is 0 Å². The van der Waals surface area contributed by atoms with E-state index < -0.39 is 17.1 Å². The molecule has 0 fully saturated rings. The Morgan fingerprint density at radius 3 is 2.95 bits per heavy atom.